The number of hydrogen-bond donors (Lipinski definition) is 0. The van der Waals surface area contributed by atoms with Crippen LogP contribution in [0.1, 0.15) is 37.0 Å². The zero-order valence-electron chi connectivity index (χ0n) is 33.2. The van der Waals surface area contributed by atoms with E-state index in [0.29, 0.717) is 29.1 Å². The third-order valence-electron chi connectivity index (χ3n) is 11.1. The monoisotopic (exact) mass is 772 g/mol. The summed E-state index contributed by atoms with van der Waals surface area (Å²) in [7, 11) is 0. The van der Waals surface area contributed by atoms with Gasteiger partial charge in [0.2, 0.25) is 0 Å². The van der Waals surface area contributed by atoms with Gasteiger partial charge < -0.3 is 0 Å². The third-order valence-corrected chi connectivity index (χ3v) is 11.1. The molecule has 0 fully saturated rings. The molecule has 6 heteroatoms. The van der Waals surface area contributed by atoms with Gasteiger partial charge in [-0.3, -0.25) is 0 Å². The van der Waals surface area contributed by atoms with Crippen LogP contribution in [0.2, 0.25) is 0 Å². The summed E-state index contributed by atoms with van der Waals surface area (Å²) in [5.74, 6) is 4.06. The fraction of sp³-hybridized carbons (Fsp3) is 0.0741. The van der Waals surface area contributed by atoms with E-state index in [1.54, 1.807) is 0 Å². The van der Waals surface area contributed by atoms with Crippen LogP contribution in [0, 0.1) is 0 Å². The smallest absolute Gasteiger partial charge is 0.164 e. The fourth-order valence-corrected chi connectivity index (χ4v) is 7.66. The van der Waals surface area contributed by atoms with Crippen molar-refractivity contribution in [2.45, 2.75) is 25.2 Å². The van der Waals surface area contributed by atoms with Crippen molar-refractivity contribution in [2.75, 3.05) is 0 Å². The highest BCUT2D eigenvalue weighted by molar-refractivity contribution is 5.98. The fourth-order valence-electron chi connectivity index (χ4n) is 7.66. The summed E-state index contributed by atoms with van der Waals surface area (Å²) in [6, 6.07) is 52.0. The van der Waals surface area contributed by atoms with Gasteiger partial charge in [0.1, 0.15) is 0 Å². The number of aromatic nitrogens is 6. The van der Waals surface area contributed by atoms with Crippen LogP contribution in [-0.2, 0) is 5.41 Å². The molecule has 2 heterocycles. The number of fused-ring (bicyclic) bond motifs is 1. The van der Waals surface area contributed by atoms with Gasteiger partial charge in [0.15, 0.2) is 34.9 Å². The van der Waals surface area contributed by atoms with Crippen molar-refractivity contribution in [3.63, 3.8) is 0 Å². The second kappa shape index (κ2) is 15.9. The molecule has 0 radical (unpaired) electrons. The van der Waals surface area contributed by atoms with Gasteiger partial charge >= 0.3 is 0 Å². The third kappa shape index (κ3) is 7.43. The molecule has 0 spiro atoms. The SMILES string of the molecule is C/C=C(\C=C/C1(c2nc(C3=CCCC=C3)nc(-c3ccccc3)n2)C=C1)c1ccc2c(-c3ccc(-c4nc(-c5ccccc5)nc(-c5ccccc5)n4)cc3)cccc2c1. The maximum atomic E-state index is 5.04. The van der Waals surface area contributed by atoms with Gasteiger partial charge in [-0.2, -0.15) is 0 Å². The van der Waals surface area contributed by atoms with Crippen LogP contribution in [0.25, 0.3) is 78.6 Å². The molecule has 0 aliphatic heterocycles. The molecule has 0 N–H and O–H groups in total. The van der Waals surface area contributed by atoms with Crippen molar-refractivity contribution in [1.29, 1.82) is 0 Å². The van der Waals surface area contributed by atoms with Gasteiger partial charge in [0, 0.05) is 27.8 Å². The van der Waals surface area contributed by atoms with E-state index >= 15 is 0 Å². The molecule has 2 aliphatic rings. The Morgan fingerprint density at radius 3 is 1.63 bits per heavy atom. The maximum Gasteiger partial charge on any atom is 0.164 e. The average Bonchev–Trinajstić information content (AvgIpc) is 4.13. The average molecular weight is 773 g/mol. The second-order valence-corrected chi connectivity index (χ2v) is 15.0. The molecule has 6 nitrogen and oxygen atoms in total. The van der Waals surface area contributed by atoms with Crippen LogP contribution in [0.3, 0.4) is 0 Å². The van der Waals surface area contributed by atoms with Crippen molar-refractivity contribution in [3.05, 3.63) is 217 Å². The van der Waals surface area contributed by atoms with Crippen LogP contribution in [0.5, 0.6) is 0 Å². The Morgan fingerprint density at radius 1 is 0.517 bits per heavy atom. The largest absolute Gasteiger partial charge is 0.211 e. The molecule has 0 atom stereocenters. The highest BCUT2D eigenvalue weighted by Gasteiger charge is 2.37. The highest BCUT2D eigenvalue weighted by atomic mass is 15.1. The Morgan fingerprint density at radius 2 is 1.07 bits per heavy atom. The number of hydrogen-bond acceptors (Lipinski definition) is 6. The lowest BCUT2D eigenvalue weighted by molar-refractivity contribution is 0.815. The first-order valence-electron chi connectivity index (χ1n) is 20.4. The highest BCUT2D eigenvalue weighted by Crippen LogP contribution is 2.41. The summed E-state index contributed by atoms with van der Waals surface area (Å²) in [4.78, 5) is 29.7. The summed E-state index contributed by atoms with van der Waals surface area (Å²) in [5.41, 5.74) is 8.92. The molecule has 2 aliphatic carbocycles. The van der Waals surface area contributed by atoms with Crippen molar-refractivity contribution in [3.8, 4) is 56.7 Å². The van der Waals surface area contributed by atoms with E-state index in [1.807, 2.05) is 78.9 Å². The molecule has 0 amide bonds. The van der Waals surface area contributed by atoms with Crippen molar-refractivity contribution >= 4 is 21.9 Å². The van der Waals surface area contributed by atoms with E-state index < -0.39 is 5.41 Å². The minimum Gasteiger partial charge on any atom is -0.211 e. The molecule has 2 aromatic heterocycles. The first kappa shape index (κ1) is 36.6. The van der Waals surface area contributed by atoms with E-state index in [1.165, 1.54) is 10.8 Å². The van der Waals surface area contributed by atoms with Gasteiger partial charge in [-0.25, -0.2) is 29.9 Å². The van der Waals surface area contributed by atoms with E-state index in [0.717, 1.165) is 68.8 Å². The summed E-state index contributed by atoms with van der Waals surface area (Å²) >= 11 is 0. The summed E-state index contributed by atoms with van der Waals surface area (Å²) < 4.78 is 0. The standard InChI is InChI=1S/C54H40N6/c1-2-37(32-33-54(34-35-54)53-59-51(41-20-11-5-12-21-41)58-52(60-53)42-22-13-6-14-23-42)44-30-31-47-45(36-44)24-15-25-46(47)38-26-28-43(29-27-38)50-56-48(39-16-7-3-8-17-39)55-49(57-50)40-18-9-4-10-19-40/h2-5,7-13,15-36H,6,14H2,1H3/b33-32-,37-2+. The van der Waals surface area contributed by atoms with E-state index in [9.17, 15) is 0 Å². The summed E-state index contributed by atoms with van der Waals surface area (Å²) in [6.07, 6.45) is 19.4. The van der Waals surface area contributed by atoms with Crippen LogP contribution >= 0.6 is 0 Å². The molecular formula is C54H40N6. The van der Waals surface area contributed by atoms with Gasteiger partial charge in [0.05, 0.1) is 5.41 Å². The van der Waals surface area contributed by atoms with Crippen molar-refractivity contribution < 1.29 is 0 Å². The number of benzene rings is 6. The molecule has 6 aromatic carbocycles. The lowest BCUT2D eigenvalue weighted by Gasteiger charge is -2.15. The number of rotatable bonds is 10. The van der Waals surface area contributed by atoms with Crippen LogP contribution in [0.15, 0.2) is 200 Å². The predicted molar refractivity (Wildman–Crippen MR) is 244 cm³/mol. The number of nitrogens with zero attached hydrogens (tertiary/aromatic N) is 6. The van der Waals surface area contributed by atoms with Crippen LogP contribution in [0.4, 0.5) is 0 Å². The molecule has 286 valence electrons. The maximum absolute atomic E-state index is 5.04. The second-order valence-electron chi connectivity index (χ2n) is 15.0. The first-order chi connectivity index (χ1) is 29.6. The molecule has 8 aromatic rings. The Labute approximate surface area is 349 Å². The van der Waals surface area contributed by atoms with E-state index in [2.05, 4.69) is 128 Å². The number of allylic oxidation sites excluding steroid dienone is 10. The molecule has 60 heavy (non-hydrogen) atoms. The van der Waals surface area contributed by atoms with Crippen LogP contribution < -0.4 is 0 Å². The minimum absolute atomic E-state index is 0.474. The Hall–Kier alpha value is -7.70. The quantitative estimate of drug-likeness (QED) is 0.102. The van der Waals surface area contributed by atoms with E-state index in [4.69, 9.17) is 29.9 Å². The molecule has 0 saturated carbocycles. The zero-order valence-corrected chi connectivity index (χ0v) is 33.2. The Balaban J connectivity index is 0.935. The molecule has 10 rings (SSSR count). The van der Waals surface area contributed by atoms with Gasteiger partial charge in [-0.1, -0.05) is 194 Å². The van der Waals surface area contributed by atoms with Gasteiger partial charge in [0.25, 0.3) is 0 Å². The molecule has 0 saturated heterocycles. The van der Waals surface area contributed by atoms with Crippen LogP contribution in [-0.4, -0.2) is 29.9 Å². The van der Waals surface area contributed by atoms with Gasteiger partial charge in [-0.05, 0) is 58.9 Å². The Bertz CT molecular complexity index is 2950. The summed E-state index contributed by atoms with van der Waals surface area (Å²) in [5, 5.41) is 2.35. The Kier molecular flexibility index (Phi) is 9.72. The lowest BCUT2D eigenvalue weighted by atomic mass is 9.93. The summed E-state index contributed by atoms with van der Waals surface area (Å²) in [6.45, 7) is 2.09. The minimum atomic E-state index is -0.474. The molecule has 0 bridgehead atoms. The topological polar surface area (TPSA) is 77.3 Å². The normalized spacial score (nSPS) is 14.4. The molecular weight excluding hydrogens is 733 g/mol. The zero-order chi connectivity index (χ0) is 40.3. The van der Waals surface area contributed by atoms with Crippen molar-refractivity contribution in [1.82, 2.24) is 29.9 Å². The molecule has 0 unspecified atom stereocenters. The van der Waals surface area contributed by atoms with E-state index in [-0.39, 0.29) is 0 Å². The lowest BCUT2D eigenvalue weighted by Crippen LogP contribution is -2.14. The first-order valence-corrected chi connectivity index (χ1v) is 20.4. The van der Waals surface area contributed by atoms with Crippen molar-refractivity contribution in [2.24, 2.45) is 0 Å². The predicted octanol–water partition coefficient (Wildman–Crippen LogP) is 12.7. The van der Waals surface area contributed by atoms with Gasteiger partial charge in [-0.15, -0.1) is 0 Å².